The summed E-state index contributed by atoms with van der Waals surface area (Å²) in [4.78, 5) is 11.0. The van der Waals surface area contributed by atoms with Gasteiger partial charge >= 0.3 is 0 Å². The van der Waals surface area contributed by atoms with Crippen LogP contribution in [0.2, 0.25) is 0 Å². The van der Waals surface area contributed by atoms with Crippen molar-refractivity contribution in [3.05, 3.63) is 0 Å². The van der Waals surface area contributed by atoms with Crippen molar-refractivity contribution in [2.75, 3.05) is 13.1 Å². The minimum atomic E-state index is 0.0590. The van der Waals surface area contributed by atoms with Crippen molar-refractivity contribution < 1.29 is 4.79 Å². The Balaban J connectivity index is 2.45. The molecule has 0 aliphatic carbocycles. The molecule has 0 spiro atoms. The number of nitrogens with two attached hydrogens (primary N) is 1. The summed E-state index contributed by atoms with van der Waals surface area (Å²) in [5.41, 5.74) is 5.40. The average Bonchev–Trinajstić information content (AvgIpc) is 1.94. The van der Waals surface area contributed by atoms with Gasteiger partial charge in [0, 0.05) is 13.1 Å². The summed E-state index contributed by atoms with van der Waals surface area (Å²) in [5, 5.41) is 2.81. The van der Waals surface area contributed by atoms with Crippen LogP contribution in [0.1, 0.15) is 13.3 Å². The van der Waals surface area contributed by atoms with Crippen LogP contribution in [0.5, 0.6) is 0 Å². The summed E-state index contributed by atoms with van der Waals surface area (Å²) in [6.45, 7) is 3.42. The highest BCUT2D eigenvalue weighted by Gasteiger charge is 2.24. The van der Waals surface area contributed by atoms with Gasteiger partial charge in [-0.15, -0.1) is 0 Å². The van der Waals surface area contributed by atoms with E-state index in [2.05, 4.69) is 12.2 Å². The maximum absolute atomic E-state index is 11.0. The largest absolute Gasteiger partial charge is 0.356 e. The van der Waals surface area contributed by atoms with E-state index in [1.807, 2.05) is 0 Å². The quantitative estimate of drug-likeness (QED) is 0.529. The molecule has 2 atom stereocenters. The molecule has 10 heavy (non-hydrogen) atoms. The molecule has 1 aliphatic rings. The van der Waals surface area contributed by atoms with Crippen LogP contribution >= 0.6 is 0 Å². The Morgan fingerprint density at radius 1 is 1.80 bits per heavy atom. The van der Waals surface area contributed by atoms with Gasteiger partial charge in [0.2, 0.25) is 5.91 Å². The van der Waals surface area contributed by atoms with E-state index in [-0.39, 0.29) is 11.8 Å². The van der Waals surface area contributed by atoms with Crippen molar-refractivity contribution in [2.24, 2.45) is 17.6 Å². The van der Waals surface area contributed by atoms with Crippen LogP contribution in [0.4, 0.5) is 0 Å². The molecule has 3 heteroatoms. The highest BCUT2D eigenvalue weighted by molar-refractivity contribution is 5.79. The van der Waals surface area contributed by atoms with E-state index in [0.29, 0.717) is 12.5 Å². The number of hydrogen-bond acceptors (Lipinski definition) is 2. The van der Waals surface area contributed by atoms with Crippen molar-refractivity contribution >= 4 is 5.91 Å². The van der Waals surface area contributed by atoms with E-state index in [1.165, 1.54) is 0 Å². The summed E-state index contributed by atoms with van der Waals surface area (Å²) >= 11 is 0. The molecular formula is C7H14N2O. The van der Waals surface area contributed by atoms with Crippen LogP contribution in [-0.4, -0.2) is 19.0 Å². The van der Waals surface area contributed by atoms with Crippen molar-refractivity contribution in [3.8, 4) is 0 Å². The molecule has 3 nitrogen and oxygen atoms in total. The molecule has 0 bridgehead atoms. The molecule has 1 fully saturated rings. The van der Waals surface area contributed by atoms with Gasteiger partial charge in [0.15, 0.2) is 0 Å². The first-order valence-corrected chi connectivity index (χ1v) is 3.71. The molecule has 3 N–H and O–H groups in total. The van der Waals surface area contributed by atoms with Crippen LogP contribution in [0.25, 0.3) is 0 Å². The number of rotatable bonds is 1. The second-order valence-corrected chi connectivity index (χ2v) is 3.02. The topological polar surface area (TPSA) is 55.1 Å². The number of amides is 1. The van der Waals surface area contributed by atoms with Crippen LogP contribution in [0.3, 0.4) is 0 Å². The molecule has 1 saturated heterocycles. The second kappa shape index (κ2) is 3.01. The monoisotopic (exact) mass is 142 g/mol. The molecule has 1 amide bonds. The maximum Gasteiger partial charge on any atom is 0.224 e. The molecule has 1 aliphatic heterocycles. The Bertz CT molecular complexity index is 136. The SMILES string of the molecule is C[C@H]1CNC(=O)[C@H](CN)C1. The minimum absolute atomic E-state index is 0.0590. The third-order valence-electron chi connectivity index (χ3n) is 1.97. The smallest absolute Gasteiger partial charge is 0.224 e. The van der Waals surface area contributed by atoms with Gasteiger partial charge in [-0.3, -0.25) is 4.79 Å². The van der Waals surface area contributed by atoms with Crippen LogP contribution in [-0.2, 0) is 4.79 Å². The number of carbonyl (C=O) groups excluding carboxylic acids is 1. The molecule has 0 aromatic rings. The van der Waals surface area contributed by atoms with Crippen LogP contribution in [0, 0.1) is 11.8 Å². The Morgan fingerprint density at radius 2 is 2.50 bits per heavy atom. The highest BCUT2D eigenvalue weighted by atomic mass is 16.1. The van der Waals surface area contributed by atoms with Gasteiger partial charge < -0.3 is 11.1 Å². The lowest BCUT2D eigenvalue weighted by Crippen LogP contribution is -2.43. The first kappa shape index (κ1) is 7.54. The lowest BCUT2D eigenvalue weighted by molar-refractivity contribution is -0.127. The predicted molar refractivity (Wildman–Crippen MR) is 39.3 cm³/mol. The van der Waals surface area contributed by atoms with E-state index in [0.717, 1.165) is 13.0 Å². The second-order valence-electron chi connectivity index (χ2n) is 3.02. The molecule has 1 heterocycles. The molecular weight excluding hydrogens is 128 g/mol. The van der Waals surface area contributed by atoms with Gasteiger partial charge in [-0.25, -0.2) is 0 Å². The lowest BCUT2D eigenvalue weighted by atomic mass is 9.91. The van der Waals surface area contributed by atoms with Crippen LogP contribution < -0.4 is 11.1 Å². The molecule has 0 aromatic heterocycles. The summed E-state index contributed by atoms with van der Waals surface area (Å²) < 4.78 is 0. The normalized spacial score (nSPS) is 33.6. The molecule has 58 valence electrons. The zero-order valence-corrected chi connectivity index (χ0v) is 6.26. The Hall–Kier alpha value is -0.570. The van der Waals surface area contributed by atoms with Crippen LogP contribution in [0.15, 0.2) is 0 Å². The average molecular weight is 142 g/mol. The van der Waals surface area contributed by atoms with Gasteiger partial charge in [0.05, 0.1) is 5.92 Å². The van der Waals surface area contributed by atoms with E-state index >= 15 is 0 Å². The summed E-state index contributed by atoms with van der Waals surface area (Å²) in [6.07, 6.45) is 0.947. The molecule has 0 unspecified atom stereocenters. The van der Waals surface area contributed by atoms with Crippen molar-refractivity contribution in [3.63, 3.8) is 0 Å². The van der Waals surface area contributed by atoms with E-state index in [4.69, 9.17) is 5.73 Å². The zero-order chi connectivity index (χ0) is 7.56. The third kappa shape index (κ3) is 1.48. The number of piperidine rings is 1. The summed E-state index contributed by atoms with van der Waals surface area (Å²) in [7, 11) is 0. The molecule has 0 radical (unpaired) electrons. The Labute approximate surface area is 61.0 Å². The number of hydrogen-bond donors (Lipinski definition) is 2. The van der Waals surface area contributed by atoms with E-state index in [9.17, 15) is 4.79 Å². The number of nitrogens with one attached hydrogen (secondary N) is 1. The van der Waals surface area contributed by atoms with Gasteiger partial charge in [-0.2, -0.15) is 0 Å². The minimum Gasteiger partial charge on any atom is -0.356 e. The summed E-state index contributed by atoms with van der Waals surface area (Å²) in [5.74, 6) is 0.774. The van der Waals surface area contributed by atoms with Gasteiger partial charge in [0.25, 0.3) is 0 Å². The standard InChI is InChI=1S/C7H14N2O/c1-5-2-6(3-8)7(10)9-4-5/h5-6H,2-4,8H2,1H3,(H,9,10)/t5-,6+/m1/s1. The van der Waals surface area contributed by atoms with Crippen molar-refractivity contribution in [1.29, 1.82) is 0 Å². The Kier molecular flexibility index (Phi) is 2.27. The van der Waals surface area contributed by atoms with Gasteiger partial charge in [-0.05, 0) is 12.3 Å². The Morgan fingerprint density at radius 3 is 3.00 bits per heavy atom. The number of carbonyl (C=O) groups is 1. The summed E-state index contributed by atoms with van der Waals surface area (Å²) in [6, 6.07) is 0. The van der Waals surface area contributed by atoms with E-state index < -0.39 is 0 Å². The van der Waals surface area contributed by atoms with Crippen molar-refractivity contribution in [1.82, 2.24) is 5.32 Å². The van der Waals surface area contributed by atoms with E-state index in [1.54, 1.807) is 0 Å². The third-order valence-corrected chi connectivity index (χ3v) is 1.97. The fourth-order valence-electron chi connectivity index (χ4n) is 1.30. The molecule has 1 rings (SSSR count). The van der Waals surface area contributed by atoms with Crippen molar-refractivity contribution in [2.45, 2.75) is 13.3 Å². The lowest BCUT2D eigenvalue weighted by Gasteiger charge is -2.25. The molecule has 0 aromatic carbocycles. The first-order chi connectivity index (χ1) is 4.74. The molecule has 0 saturated carbocycles. The maximum atomic E-state index is 11.0. The highest BCUT2D eigenvalue weighted by Crippen LogP contribution is 2.14. The first-order valence-electron chi connectivity index (χ1n) is 3.71. The van der Waals surface area contributed by atoms with Gasteiger partial charge in [0.1, 0.15) is 0 Å². The van der Waals surface area contributed by atoms with Gasteiger partial charge in [-0.1, -0.05) is 6.92 Å². The fourth-order valence-corrected chi connectivity index (χ4v) is 1.30. The fraction of sp³-hybridized carbons (Fsp3) is 0.857. The predicted octanol–water partition coefficient (Wildman–Crippen LogP) is -0.283. The zero-order valence-electron chi connectivity index (χ0n) is 6.26.